The molecule has 0 bridgehead atoms. The highest BCUT2D eigenvalue weighted by molar-refractivity contribution is 7.89. The maximum absolute atomic E-state index is 12.4. The van der Waals surface area contributed by atoms with Crippen LogP contribution in [0.4, 0.5) is 4.39 Å². The number of ketones is 1. The lowest BCUT2D eigenvalue weighted by Gasteiger charge is -2.41. The van der Waals surface area contributed by atoms with E-state index in [4.69, 9.17) is 21.3 Å². The van der Waals surface area contributed by atoms with Crippen molar-refractivity contribution in [2.24, 2.45) is 27.5 Å². The first-order valence-electron chi connectivity index (χ1n) is 10.2. The predicted molar refractivity (Wildman–Crippen MR) is 119 cm³/mol. The van der Waals surface area contributed by atoms with E-state index in [1.54, 1.807) is 13.8 Å². The van der Waals surface area contributed by atoms with Crippen LogP contribution in [0, 0.1) is 26.7 Å². The summed E-state index contributed by atoms with van der Waals surface area (Å²) in [6, 6.07) is -0.840. The fourth-order valence-electron chi connectivity index (χ4n) is 4.10. The smallest absolute Gasteiger partial charge is 0.238 e. The molecule has 31 heavy (non-hydrogen) atoms. The summed E-state index contributed by atoms with van der Waals surface area (Å²) in [4.78, 5) is 15.8. The highest BCUT2D eigenvalue weighted by Gasteiger charge is 2.42. The molecule has 1 aliphatic rings. The number of ether oxygens (including phenoxy) is 1. The van der Waals surface area contributed by atoms with Gasteiger partial charge in [0.05, 0.1) is 16.9 Å². The van der Waals surface area contributed by atoms with Crippen molar-refractivity contribution in [2.45, 2.75) is 70.4 Å². The van der Waals surface area contributed by atoms with Gasteiger partial charge < -0.3 is 16.2 Å². The van der Waals surface area contributed by atoms with E-state index in [1.165, 1.54) is 0 Å². The summed E-state index contributed by atoms with van der Waals surface area (Å²) in [5.41, 5.74) is 13.9. The fourth-order valence-corrected chi connectivity index (χ4v) is 5.23. The summed E-state index contributed by atoms with van der Waals surface area (Å²) in [6.45, 7) is 8.36. The number of sulfonamides is 1. The molecule has 0 saturated heterocycles. The molecule has 1 heterocycles. The van der Waals surface area contributed by atoms with E-state index in [0.29, 0.717) is 48.5 Å². The minimum atomic E-state index is -3.90. The number of fused-ring (bicyclic) bond motifs is 1. The normalized spacial score (nSPS) is 19.5. The van der Waals surface area contributed by atoms with Crippen LogP contribution in [-0.2, 0) is 21.2 Å². The van der Waals surface area contributed by atoms with Crippen molar-refractivity contribution in [1.82, 2.24) is 0 Å². The van der Waals surface area contributed by atoms with Gasteiger partial charge in [-0.15, -0.1) is 0 Å². The van der Waals surface area contributed by atoms with Crippen molar-refractivity contribution in [3.05, 3.63) is 22.3 Å². The van der Waals surface area contributed by atoms with Gasteiger partial charge in [0.15, 0.2) is 5.78 Å². The largest absolute Gasteiger partial charge is 0.487 e. The van der Waals surface area contributed by atoms with Crippen molar-refractivity contribution in [2.75, 3.05) is 13.2 Å². The first kappa shape index (κ1) is 25.2. The fraction of sp³-hybridized carbons (Fsp3) is 0.619. The summed E-state index contributed by atoms with van der Waals surface area (Å²) in [6.07, 6.45) is 1.26. The second-order valence-corrected chi connectivity index (χ2v) is 10.2. The van der Waals surface area contributed by atoms with Gasteiger partial charge in [-0.3, -0.25) is 9.79 Å². The number of alkyl halides is 1. The minimum Gasteiger partial charge on any atom is -0.487 e. The van der Waals surface area contributed by atoms with E-state index in [9.17, 15) is 17.6 Å². The van der Waals surface area contributed by atoms with Gasteiger partial charge in [0, 0.05) is 6.54 Å². The number of nitrogens with two attached hydrogens (primary N) is 3. The highest BCUT2D eigenvalue weighted by Crippen LogP contribution is 2.44. The topological polar surface area (TPSA) is 151 Å². The molecule has 0 aromatic heterocycles. The standard InChI is InChI=1S/C21H33FN4O4S/c1-11-12(2)19(31(25,28)29)13(3)14-9-15(21(4,5)30-18(11)14)20(24)26-8-6-7-16(23)17(27)10-22/h15-16H,6-10,23H2,1-5H3,(H2,24,26)(H2,25,28,29). The van der Waals surface area contributed by atoms with Gasteiger partial charge >= 0.3 is 0 Å². The number of Topliss-reactive ketones (excluding diaryl/α,β-unsaturated/α-hetero) is 1. The highest BCUT2D eigenvalue weighted by atomic mass is 32.2. The maximum atomic E-state index is 12.4. The number of primary sulfonamides is 1. The predicted octanol–water partition coefficient (Wildman–Crippen LogP) is 1.59. The van der Waals surface area contributed by atoms with E-state index in [1.807, 2.05) is 20.8 Å². The zero-order chi connectivity index (χ0) is 23.7. The van der Waals surface area contributed by atoms with E-state index >= 15 is 0 Å². The number of hydrogen-bond donors (Lipinski definition) is 3. The van der Waals surface area contributed by atoms with Crippen LogP contribution >= 0.6 is 0 Å². The molecule has 2 rings (SSSR count). The Morgan fingerprint density at radius 2 is 1.87 bits per heavy atom. The monoisotopic (exact) mass is 456 g/mol. The van der Waals surface area contributed by atoms with Crippen LogP contribution in [0.5, 0.6) is 5.75 Å². The summed E-state index contributed by atoms with van der Waals surface area (Å²) >= 11 is 0. The third-order valence-electron chi connectivity index (χ3n) is 6.08. The van der Waals surface area contributed by atoms with Crippen LogP contribution in [0.15, 0.2) is 9.89 Å². The molecular weight excluding hydrogens is 423 g/mol. The molecule has 0 fully saturated rings. The first-order valence-corrected chi connectivity index (χ1v) is 11.8. The molecule has 0 radical (unpaired) electrons. The molecule has 8 nitrogen and oxygen atoms in total. The number of rotatable bonds is 8. The van der Waals surface area contributed by atoms with Crippen LogP contribution in [0.2, 0.25) is 0 Å². The second kappa shape index (κ2) is 9.22. The molecule has 2 unspecified atom stereocenters. The Labute approximate surface area is 183 Å². The number of carbonyl (C=O) groups is 1. The van der Waals surface area contributed by atoms with Crippen LogP contribution in [0.3, 0.4) is 0 Å². The molecule has 0 amide bonds. The van der Waals surface area contributed by atoms with Gasteiger partial charge in [0.1, 0.15) is 23.9 Å². The van der Waals surface area contributed by atoms with E-state index in [-0.39, 0.29) is 10.8 Å². The van der Waals surface area contributed by atoms with Crippen molar-refractivity contribution in [3.8, 4) is 5.75 Å². The summed E-state index contributed by atoms with van der Waals surface area (Å²) in [5, 5.41) is 5.47. The Hall–Kier alpha value is -2.04. The molecule has 2 atom stereocenters. The van der Waals surface area contributed by atoms with Crippen LogP contribution < -0.4 is 21.3 Å². The molecule has 1 aliphatic heterocycles. The third-order valence-corrected chi connectivity index (χ3v) is 7.26. The summed E-state index contributed by atoms with van der Waals surface area (Å²) in [5.74, 6) is 0.112. The maximum Gasteiger partial charge on any atom is 0.238 e. The van der Waals surface area contributed by atoms with Gasteiger partial charge in [-0.05, 0) is 76.1 Å². The zero-order valence-corrected chi connectivity index (χ0v) is 19.6. The quantitative estimate of drug-likeness (QED) is 0.307. The summed E-state index contributed by atoms with van der Waals surface area (Å²) < 4.78 is 43.0. The Bertz CT molecular complexity index is 1010. The van der Waals surface area contributed by atoms with Crippen LogP contribution in [-0.4, -0.2) is 44.9 Å². The number of aliphatic imine (C=N–C) groups is 1. The molecule has 6 N–H and O–H groups in total. The average molecular weight is 457 g/mol. The van der Waals surface area contributed by atoms with Gasteiger partial charge in [0.25, 0.3) is 0 Å². The van der Waals surface area contributed by atoms with Gasteiger partial charge in [0.2, 0.25) is 10.0 Å². The molecule has 10 heteroatoms. The van der Waals surface area contributed by atoms with Crippen LogP contribution in [0.1, 0.15) is 48.9 Å². The Morgan fingerprint density at radius 3 is 2.42 bits per heavy atom. The number of carbonyl (C=O) groups excluding carboxylic acids is 1. The Kier molecular flexibility index (Phi) is 7.50. The SMILES string of the molecule is Cc1c(C)c(S(N)(=O)=O)c(C)c2c1OC(C)(C)C(C(N)=NCCCC(N)C(=O)CF)C2. The first-order chi connectivity index (χ1) is 14.2. The molecule has 0 spiro atoms. The zero-order valence-electron chi connectivity index (χ0n) is 18.8. The van der Waals surface area contributed by atoms with Crippen LogP contribution in [0.25, 0.3) is 0 Å². The van der Waals surface area contributed by atoms with Gasteiger partial charge in [-0.25, -0.2) is 17.9 Å². The molecule has 1 aromatic rings. The van der Waals surface area contributed by atoms with Crippen molar-refractivity contribution in [1.29, 1.82) is 0 Å². The molecule has 174 valence electrons. The lowest BCUT2D eigenvalue weighted by molar-refractivity contribution is -0.121. The molecule has 0 aliphatic carbocycles. The van der Waals surface area contributed by atoms with E-state index in [0.717, 1.165) is 11.1 Å². The third kappa shape index (κ3) is 5.24. The number of hydrogen-bond acceptors (Lipinski definition) is 6. The molecule has 0 saturated carbocycles. The number of benzene rings is 1. The van der Waals surface area contributed by atoms with Crippen molar-refractivity contribution < 1.29 is 22.3 Å². The minimum absolute atomic E-state index is 0.118. The number of nitrogens with zero attached hydrogens (tertiary/aromatic N) is 1. The second-order valence-electron chi connectivity index (χ2n) is 8.67. The molecular formula is C21H33FN4O4S. The number of amidine groups is 1. The van der Waals surface area contributed by atoms with E-state index < -0.39 is 34.1 Å². The van der Waals surface area contributed by atoms with E-state index in [2.05, 4.69) is 4.99 Å². The summed E-state index contributed by atoms with van der Waals surface area (Å²) in [7, 11) is -3.90. The lowest BCUT2D eigenvalue weighted by atomic mass is 9.79. The van der Waals surface area contributed by atoms with Gasteiger partial charge in [-0.1, -0.05) is 0 Å². The van der Waals surface area contributed by atoms with Crippen molar-refractivity contribution >= 4 is 21.6 Å². The number of halogens is 1. The van der Waals surface area contributed by atoms with Crippen molar-refractivity contribution in [3.63, 3.8) is 0 Å². The van der Waals surface area contributed by atoms with Gasteiger partial charge in [-0.2, -0.15) is 0 Å². The lowest BCUT2D eigenvalue weighted by Crippen LogP contribution is -2.49. The average Bonchev–Trinajstić information content (AvgIpc) is 2.66. The molecule has 1 aromatic carbocycles. The Morgan fingerprint density at radius 1 is 1.26 bits per heavy atom. The Balaban J connectivity index is 2.32.